The predicted octanol–water partition coefficient (Wildman–Crippen LogP) is 4.55. The summed E-state index contributed by atoms with van der Waals surface area (Å²) in [6.45, 7) is 2.04. The van der Waals surface area contributed by atoms with E-state index in [0.717, 1.165) is 11.1 Å². The largest absolute Gasteiger partial charge is 0.346 e. The fraction of sp³-hybridized carbons (Fsp3) is 0.150. The third kappa shape index (κ3) is 3.90. The van der Waals surface area contributed by atoms with Crippen molar-refractivity contribution in [1.82, 2.24) is 4.57 Å². The van der Waals surface area contributed by atoms with Gasteiger partial charge < -0.3 is 9.88 Å². The van der Waals surface area contributed by atoms with E-state index in [4.69, 9.17) is 0 Å². The lowest BCUT2D eigenvalue weighted by molar-refractivity contribution is -0.116. The molecule has 1 aromatic heterocycles. The first-order chi connectivity index (χ1) is 11.6. The Hall–Kier alpha value is -2.88. The quantitative estimate of drug-likeness (QED) is 0.734. The minimum Gasteiger partial charge on any atom is -0.346 e. The average Bonchev–Trinajstić information content (AvgIpc) is 3.09. The van der Waals surface area contributed by atoms with Gasteiger partial charge >= 0.3 is 0 Å². The first kappa shape index (κ1) is 16.0. The van der Waals surface area contributed by atoms with Crippen molar-refractivity contribution in [3.05, 3.63) is 90.0 Å². The molecule has 0 fully saturated rings. The summed E-state index contributed by atoms with van der Waals surface area (Å²) in [4.78, 5) is 12.4. The van der Waals surface area contributed by atoms with Crippen LogP contribution in [0.2, 0.25) is 0 Å². The fourth-order valence-electron chi connectivity index (χ4n) is 2.75. The number of aromatic nitrogens is 1. The standard InChI is InChI=1S/C20H19FN2O/c1-15-5-4-6-16(13-15)19(23-11-2-3-12-23)14-20(24)22-18-9-7-17(21)8-10-18/h2-13,19H,14H2,1H3,(H,22,24)/t19-/m0/s1. The van der Waals surface area contributed by atoms with Gasteiger partial charge in [-0.3, -0.25) is 4.79 Å². The van der Waals surface area contributed by atoms with E-state index in [-0.39, 0.29) is 17.8 Å². The Morgan fingerprint density at radius 2 is 1.79 bits per heavy atom. The highest BCUT2D eigenvalue weighted by Crippen LogP contribution is 2.24. The number of benzene rings is 2. The van der Waals surface area contributed by atoms with E-state index in [1.54, 1.807) is 12.1 Å². The van der Waals surface area contributed by atoms with Crippen LogP contribution in [-0.4, -0.2) is 10.5 Å². The minimum atomic E-state index is -0.321. The van der Waals surface area contributed by atoms with E-state index >= 15 is 0 Å². The highest BCUT2D eigenvalue weighted by molar-refractivity contribution is 5.91. The average molecular weight is 322 g/mol. The van der Waals surface area contributed by atoms with Crippen molar-refractivity contribution in [3.8, 4) is 0 Å². The zero-order valence-corrected chi connectivity index (χ0v) is 13.4. The van der Waals surface area contributed by atoms with Crippen molar-refractivity contribution in [2.45, 2.75) is 19.4 Å². The molecule has 0 saturated heterocycles. The molecule has 0 bridgehead atoms. The number of carbonyl (C=O) groups is 1. The SMILES string of the molecule is Cc1cccc([C@H](CC(=O)Nc2ccc(F)cc2)n2cccc2)c1. The van der Waals surface area contributed by atoms with Crippen molar-refractivity contribution in [3.63, 3.8) is 0 Å². The number of halogens is 1. The number of amides is 1. The second kappa shape index (κ2) is 7.13. The molecule has 0 radical (unpaired) electrons. The van der Waals surface area contributed by atoms with Gasteiger partial charge in [-0.1, -0.05) is 29.8 Å². The lowest BCUT2D eigenvalue weighted by atomic mass is 10.0. The topological polar surface area (TPSA) is 34.0 Å². The van der Waals surface area contributed by atoms with Crippen molar-refractivity contribution in [2.75, 3.05) is 5.32 Å². The Morgan fingerprint density at radius 1 is 1.08 bits per heavy atom. The Morgan fingerprint density at radius 3 is 2.46 bits per heavy atom. The van der Waals surface area contributed by atoms with Crippen LogP contribution in [0.25, 0.3) is 0 Å². The molecule has 3 aromatic rings. The molecule has 0 aliphatic carbocycles. The molecule has 1 heterocycles. The molecule has 0 saturated carbocycles. The van der Waals surface area contributed by atoms with Crippen LogP contribution in [0.4, 0.5) is 10.1 Å². The number of aryl methyl sites for hydroxylation is 1. The van der Waals surface area contributed by atoms with E-state index in [2.05, 4.69) is 11.4 Å². The molecule has 1 atom stereocenters. The first-order valence-corrected chi connectivity index (χ1v) is 7.86. The van der Waals surface area contributed by atoms with Gasteiger partial charge in [0.1, 0.15) is 5.82 Å². The molecule has 122 valence electrons. The van der Waals surface area contributed by atoms with Crippen LogP contribution >= 0.6 is 0 Å². The van der Waals surface area contributed by atoms with Gasteiger partial charge in [-0.25, -0.2) is 4.39 Å². The van der Waals surface area contributed by atoms with Crippen molar-refractivity contribution in [2.24, 2.45) is 0 Å². The van der Waals surface area contributed by atoms with Crippen molar-refractivity contribution >= 4 is 11.6 Å². The van der Waals surface area contributed by atoms with E-state index in [0.29, 0.717) is 12.1 Å². The third-order valence-corrected chi connectivity index (χ3v) is 3.92. The molecule has 0 unspecified atom stereocenters. The molecule has 0 spiro atoms. The lowest BCUT2D eigenvalue weighted by Gasteiger charge is -2.20. The molecule has 0 aliphatic rings. The molecule has 3 nitrogen and oxygen atoms in total. The number of rotatable bonds is 5. The minimum absolute atomic E-state index is 0.0830. The van der Waals surface area contributed by atoms with E-state index in [1.165, 1.54) is 12.1 Å². The number of hydrogen-bond acceptors (Lipinski definition) is 1. The summed E-state index contributed by atoms with van der Waals surface area (Å²) in [7, 11) is 0. The molecule has 1 N–H and O–H groups in total. The van der Waals surface area contributed by atoms with Gasteiger partial charge in [0.05, 0.1) is 12.5 Å². The summed E-state index contributed by atoms with van der Waals surface area (Å²) in [5.74, 6) is -0.431. The molecule has 4 heteroatoms. The number of nitrogens with zero attached hydrogens (tertiary/aromatic N) is 1. The van der Waals surface area contributed by atoms with Gasteiger partial charge in [-0.15, -0.1) is 0 Å². The van der Waals surface area contributed by atoms with Crippen LogP contribution in [0.3, 0.4) is 0 Å². The van der Waals surface area contributed by atoms with Gasteiger partial charge in [0, 0.05) is 18.1 Å². The Labute approximate surface area is 140 Å². The molecule has 24 heavy (non-hydrogen) atoms. The van der Waals surface area contributed by atoms with Gasteiger partial charge in [0.25, 0.3) is 0 Å². The van der Waals surface area contributed by atoms with E-state index < -0.39 is 0 Å². The maximum atomic E-state index is 13.0. The highest BCUT2D eigenvalue weighted by Gasteiger charge is 2.17. The van der Waals surface area contributed by atoms with Crippen LogP contribution < -0.4 is 5.32 Å². The molecule has 1 amide bonds. The van der Waals surface area contributed by atoms with E-state index in [9.17, 15) is 9.18 Å². The van der Waals surface area contributed by atoms with Gasteiger partial charge in [-0.2, -0.15) is 0 Å². The number of anilines is 1. The normalized spacial score (nSPS) is 11.9. The Kier molecular flexibility index (Phi) is 4.75. The summed E-state index contributed by atoms with van der Waals surface area (Å²) in [5.41, 5.74) is 2.83. The number of hydrogen-bond donors (Lipinski definition) is 1. The molecular weight excluding hydrogens is 303 g/mol. The summed E-state index contributed by atoms with van der Waals surface area (Å²) in [5, 5.41) is 2.83. The van der Waals surface area contributed by atoms with Crippen LogP contribution in [-0.2, 0) is 4.79 Å². The number of carbonyl (C=O) groups excluding carboxylic acids is 1. The monoisotopic (exact) mass is 322 g/mol. The van der Waals surface area contributed by atoms with Gasteiger partial charge in [0.15, 0.2) is 0 Å². The first-order valence-electron chi connectivity index (χ1n) is 7.86. The fourth-order valence-corrected chi connectivity index (χ4v) is 2.75. The number of nitrogens with one attached hydrogen (secondary N) is 1. The summed E-state index contributed by atoms with van der Waals surface area (Å²) in [6, 6.07) is 17.8. The molecular formula is C20H19FN2O. The van der Waals surface area contributed by atoms with Crippen LogP contribution in [0, 0.1) is 12.7 Å². The zero-order chi connectivity index (χ0) is 16.9. The van der Waals surface area contributed by atoms with Crippen molar-refractivity contribution in [1.29, 1.82) is 0 Å². The predicted molar refractivity (Wildman–Crippen MR) is 93.4 cm³/mol. The molecule has 3 rings (SSSR count). The molecule has 0 aliphatic heterocycles. The Balaban J connectivity index is 1.79. The highest BCUT2D eigenvalue weighted by atomic mass is 19.1. The third-order valence-electron chi connectivity index (χ3n) is 3.92. The van der Waals surface area contributed by atoms with Crippen molar-refractivity contribution < 1.29 is 9.18 Å². The summed E-state index contributed by atoms with van der Waals surface area (Å²) in [6.07, 6.45) is 4.21. The van der Waals surface area contributed by atoms with Crippen LogP contribution in [0.1, 0.15) is 23.6 Å². The second-order valence-corrected chi connectivity index (χ2v) is 5.82. The van der Waals surface area contributed by atoms with E-state index in [1.807, 2.05) is 54.2 Å². The van der Waals surface area contributed by atoms with Gasteiger partial charge in [0.2, 0.25) is 5.91 Å². The zero-order valence-electron chi connectivity index (χ0n) is 13.4. The Bertz CT molecular complexity index is 810. The maximum absolute atomic E-state index is 13.0. The molecule has 2 aromatic carbocycles. The van der Waals surface area contributed by atoms with Crippen LogP contribution in [0.15, 0.2) is 73.1 Å². The summed E-state index contributed by atoms with van der Waals surface area (Å²) < 4.78 is 15.0. The second-order valence-electron chi connectivity index (χ2n) is 5.82. The van der Waals surface area contributed by atoms with Gasteiger partial charge in [-0.05, 0) is 48.9 Å². The van der Waals surface area contributed by atoms with Crippen LogP contribution in [0.5, 0.6) is 0 Å². The smallest absolute Gasteiger partial charge is 0.226 e. The maximum Gasteiger partial charge on any atom is 0.226 e. The lowest BCUT2D eigenvalue weighted by Crippen LogP contribution is -2.19. The summed E-state index contributed by atoms with van der Waals surface area (Å²) >= 11 is 0.